The van der Waals surface area contributed by atoms with Crippen molar-refractivity contribution in [3.8, 4) is 5.75 Å². The Balaban J connectivity index is 1.64. The maximum Gasteiger partial charge on any atom is 0.324 e. The lowest BCUT2D eigenvalue weighted by molar-refractivity contribution is 0.262. The molecular weight excluding hydrogens is 396 g/mol. The van der Waals surface area contributed by atoms with Crippen molar-refractivity contribution in [2.45, 2.75) is 13.5 Å². The molecular formula is C19H19BrN4O2. The molecule has 7 heteroatoms. The molecule has 1 heterocycles. The van der Waals surface area contributed by atoms with E-state index in [1.165, 1.54) is 5.56 Å². The van der Waals surface area contributed by atoms with Gasteiger partial charge in [-0.15, -0.1) is 0 Å². The molecule has 0 fully saturated rings. The number of aromatic nitrogens is 2. The zero-order valence-electron chi connectivity index (χ0n) is 14.5. The SMILES string of the molecule is COc1ccc(NC(=O)Nc2nn(Cc3cccc(C)c3)cc2Br)cc1. The molecule has 2 N–H and O–H groups in total. The van der Waals surface area contributed by atoms with Gasteiger partial charge in [0.2, 0.25) is 0 Å². The minimum absolute atomic E-state index is 0.364. The Bertz CT molecular complexity index is 906. The minimum Gasteiger partial charge on any atom is -0.497 e. The fourth-order valence-corrected chi connectivity index (χ4v) is 2.92. The van der Waals surface area contributed by atoms with Crippen molar-refractivity contribution >= 4 is 33.5 Å². The van der Waals surface area contributed by atoms with Crippen LogP contribution in [0.25, 0.3) is 0 Å². The number of carbonyl (C=O) groups is 1. The number of urea groups is 1. The Morgan fingerprint density at radius 2 is 1.96 bits per heavy atom. The summed E-state index contributed by atoms with van der Waals surface area (Å²) in [6.07, 6.45) is 1.84. The molecule has 0 bridgehead atoms. The smallest absolute Gasteiger partial charge is 0.324 e. The van der Waals surface area contributed by atoms with Crippen LogP contribution in [0.5, 0.6) is 5.75 Å². The van der Waals surface area contributed by atoms with E-state index in [-0.39, 0.29) is 6.03 Å². The van der Waals surface area contributed by atoms with Crippen LogP contribution in [0.3, 0.4) is 0 Å². The molecule has 0 atom stereocenters. The molecule has 0 aliphatic heterocycles. The Morgan fingerprint density at radius 1 is 1.19 bits per heavy atom. The topological polar surface area (TPSA) is 68.2 Å². The van der Waals surface area contributed by atoms with E-state index >= 15 is 0 Å². The van der Waals surface area contributed by atoms with Gasteiger partial charge in [0.05, 0.1) is 18.1 Å². The highest BCUT2D eigenvalue weighted by Gasteiger charge is 2.11. The molecule has 0 spiro atoms. The third kappa shape index (κ3) is 4.64. The predicted molar refractivity (Wildman–Crippen MR) is 106 cm³/mol. The Kier molecular flexibility index (Phi) is 5.58. The first-order valence-corrected chi connectivity index (χ1v) is 8.83. The van der Waals surface area contributed by atoms with Gasteiger partial charge < -0.3 is 10.1 Å². The summed E-state index contributed by atoms with van der Waals surface area (Å²) in [6, 6.07) is 15.0. The largest absolute Gasteiger partial charge is 0.497 e. The standard InChI is InChI=1S/C19H19BrN4O2/c1-13-4-3-5-14(10-13)11-24-12-17(20)18(23-24)22-19(25)21-15-6-8-16(26-2)9-7-15/h3-10,12H,11H2,1-2H3,(H2,21,22,23,25). The number of amides is 2. The second kappa shape index (κ2) is 8.05. The van der Waals surface area contributed by atoms with E-state index < -0.39 is 0 Å². The highest BCUT2D eigenvalue weighted by atomic mass is 79.9. The van der Waals surface area contributed by atoms with Crippen molar-refractivity contribution in [1.29, 1.82) is 0 Å². The number of halogens is 1. The molecule has 3 rings (SSSR count). The number of carbonyl (C=O) groups excluding carboxylic acids is 1. The second-order valence-electron chi connectivity index (χ2n) is 5.82. The zero-order chi connectivity index (χ0) is 18.5. The summed E-state index contributed by atoms with van der Waals surface area (Å²) in [5.74, 6) is 1.19. The van der Waals surface area contributed by atoms with Gasteiger partial charge in [0.25, 0.3) is 0 Å². The van der Waals surface area contributed by atoms with Crippen molar-refractivity contribution in [2.24, 2.45) is 0 Å². The van der Waals surface area contributed by atoms with Crippen LogP contribution in [0.1, 0.15) is 11.1 Å². The normalized spacial score (nSPS) is 10.4. The maximum absolute atomic E-state index is 12.2. The van der Waals surface area contributed by atoms with Crippen molar-refractivity contribution in [1.82, 2.24) is 9.78 Å². The summed E-state index contributed by atoms with van der Waals surface area (Å²) >= 11 is 3.44. The number of aryl methyl sites for hydroxylation is 1. The van der Waals surface area contributed by atoms with E-state index in [0.717, 1.165) is 15.8 Å². The summed E-state index contributed by atoms with van der Waals surface area (Å²) in [5, 5.41) is 9.93. The number of hydrogen-bond donors (Lipinski definition) is 2. The maximum atomic E-state index is 12.2. The average Bonchev–Trinajstić information content (AvgIpc) is 2.94. The van der Waals surface area contributed by atoms with Crippen molar-refractivity contribution < 1.29 is 9.53 Å². The quantitative estimate of drug-likeness (QED) is 0.637. The van der Waals surface area contributed by atoms with E-state index in [1.807, 2.05) is 18.3 Å². The van der Waals surface area contributed by atoms with E-state index in [2.05, 4.69) is 50.7 Å². The molecule has 6 nitrogen and oxygen atoms in total. The van der Waals surface area contributed by atoms with Crippen molar-refractivity contribution in [3.63, 3.8) is 0 Å². The summed E-state index contributed by atoms with van der Waals surface area (Å²) in [7, 11) is 1.60. The molecule has 0 saturated heterocycles. The van der Waals surface area contributed by atoms with Crippen LogP contribution in [0.4, 0.5) is 16.3 Å². The van der Waals surface area contributed by atoms with Crippen LogP contribution < -0.4 is 15.4 Å². The van der Waals surface area contributed by atoms with Crippen LogP contribution >= 0.6 is 15.9 Å². The summed E-state index contributed by atoms with van der Waals surface area (Å²) in [5.41, 5.74) is 3.01. The highest BCUT2D eigenvalue weighted by Crippen LogP contribution is 2.21. The lowest BCUT2D eigenvalue weighted by Gasteiger charge is -2.07. The van der Waals surface area contributed by atoms with Crippen LogP contribution in [0.15, 0.2) is 59.2 Å². The number of ether oxygens (including phenoxy) is 1. The molecule has 0 radical (unpaired) electrons. The van der Waals surface area contributed by atoms with Crippen LogP contribution in [-0.4, -0.2) is 22.9 Å². The van der Waals surface area contributed by atoms with Gasteiger partial charge in [-0.25, -0.2) is 4.79 Å². The van der Waals surface area contributed by atoms with Gasteiger partial charge in [-0.3, -0.25) is 10.00 Å². The molecule has 2 amide bonds. The molecule has 1 aromatic heterocycles. The summed E-state index contributed by atoms with van der Waals surface area (Å²) in [6.45, 7) is 2.68. The number of hydrogen-bond acceptors (Lipinski definition) is 3. The van der Waals surface area contributed by atoms with E-state index in [0.29, 0.717) is 18.1 Å². The average molecular weight is 415 g/mol. The Labute approximate surface area is 160 Å². The van der Waals surface area contributed by atoms with Crippen LogP contribution in [-0.2, 0) is 6.54 Å². The highest BCUT2D eigenvalue weighted by molar-refractivity contribution is 9.10. The molecule has 134 valence electrons. The van der Waals surface area contributed by atoms with Gasteiger partial charge in [0, 0.05) is 11.9 Å². The van der Waals surface area contributed by atoms with Gasteiger partial charge in [0.15, 0.2) is 5.82 Å². The van der Waals surface area contributed by atoms with Gasteiger partial charge >= 0.3 is 6.03 Å². The number of nitrogens with one attached hydrogen (secondary N) is 2. The third-order valence-electron chi connectivity index (χ3n) is 3.72. The predicted octanol–water partition coefficient (Wildman–Crippen LogP) is 4.65. The van der Waals surface area contributed by atoms with Gasteiger partial charge in [-0.1, -0.05) is 29.8 Å². The molecule has 0 unspecified atom stereocenters. The van der Waals surface area contributed by atoms with E-state index in [4.69, 9.17) is 4.74 Å². The number of benzene rings is 2. The van der Waals surface area contributed by atoms with E-state index in [9.17, 15) is 4.79 Å². The number of anilines is 2. The molecule has 0 aliphatic rings. The molecule has 2 aromatic carbocycles. The molecule has 0 aliphatic carbocycles. The first-order valence-electron chi connectivity index (χ1n) is 8.04. The first-order chi connectivity index (χ1) is 12.5. The van der Waals surface area contributed by atoms with Gasteiger partial charge in [0.1, 0.15) is 5.75 Å². The Morgan fingerprint density at radius 3 is 2.65 bits per heavy atom. The summed E-state index contributed by atoms with van der Waals surface area (Å²) < 4.78 is 7.59. The first kappa shape index (κ1) is 18.0. The molecule has 0 saturated carbocycles. The molecule has 26 heavy (non-hydrogen) atoms. The zero-order valence-corrected chi connectivity index (χ0v) is 16.1. The molecule has 3 aromatic rings. The number of methoxy groups -OCH3 is 1. The van der Waals surface area contributed by atoms with Gasteiger partial charge in [-0.2, -0.15) is 5.10 Å². The fraction of sp³-hybridized carbons (Fsp3) is 0.158. The van der Waals surface area contributed by atoms with Gasteiger partial charge in [-0.05, 0) is 52.7 Å². The number of nitrogens with zero attached hydrogens (tertiary/aromatic N) is 2. The van der Waals surface area contributed by atoms with E-state index in [1.54, 1.807) is 36.1 Å². The summed E-state index contributed by atoms with van der Waals surface area (Å²) in [4.78, 5) is 12.2. The van der Waals surface area contributed by atoms with Crippen molar-refractivity contribution in [3.05, 3.63) is 70.3 Å². The van der Waals surface area contributed by atoms with Crippen LogP contribution in [0, 0.1) is 6.92 Å². The number of rotatable bonds is 5. The third-order valence-corrected chi connectivity index (χ3v) is 4.30. The lowest BCUT2D eigenvalue weighted by atomic mass is 10.1. The Hall–Kier alpha value is -2.80. The minimum atomic E-state index is -0.364. The second-order valence-corrected chi connectivity index (χ2v) is 6.67. The monoisotopic (exact) mass is 414 g/mol. The van der Waals surface area contributed by atoms with Crippen molar-refractivity contribution in [2.75, 3.05) is 17.7 Å². The van der Waals surface area contributed by atoms with Crippen LogP contribution in [0.2, 0.25) is 0 Å². The lowest BCUT2D eigenvalue weighted by Crippen LogP contribution is -2.20. The fourth-order valence-electron chi connectivity index (χ4n) is 2.50.